The Hall–Kier alpha value is -3.19. The number of amides is 1. The Bertz CT molecular complexity index is 1060. The number of rotatable bonds is 5. The molecule has 0 bridgehead atoms. The van der Waals surface area contributed by atoms with Crippen LogP contribution in [0.2, 0.25) is 0 Å². The van der Waals surface area contributed by atoms with Gasteiger partial charge in [0.15, 0.2) is 5.75 Å². The number of ether oxygens (including phenoxy) is 2. The molecule has 1 N–H and O–H groups in total. The number of aromatic hydroxyl groups is 1. The molecule has 0 aliphatic carbocycles. The third kappa shape index (κ3) is 5.16. The lowest BCUT2D eigenvalue weighted by molar-refractivity contribution is 0.0138. The van der Waals surface area contributed by atoms with Gasteiger partial charge < -0.3 is 23.9 Å². The fraction of sp³-hybridized carbons (Fsp3) is 0.400. The summed E-state index contributed by atoms with van der Waals surface area (Å²) in [5.41, 5.74) is 2.09. The van der Waals surface area contributed by atoms with E-state index < -0.39 is 5.60 Å². The molecule has 1 amide bonds. The molecule has 1 aliphatic heterocycles. The summed E-state index contributed by atoms with van der Waals surface area (Å²) < 4.78 is 17.3. The van der Waals surface area contributed by atoms with Gasteiger partial charge in [0.25, 0.3) is 0 Å². The Labute approximate surface area is 188 Å². The van der Waals surface area contributed by atoms with E-state index in [0.717, 1.165) is 16.9 Å². The topological polar surface area (TPSA) is 75.4 Å². The third-order valence-corrected chi connectivity index (χ3v) is 5.42. The molecule has 7 heteroatoms. The highest BCUT2D eigenvalue weighted by atomic mass is 16.6. The van der Waals surface area contributed by atoms with Gasteiger partial charge in [-0.3, -0.25) is 4.90 Å². The molecule has 3 aromatic rings. The van der Waals surface area contributed by atoms with Crippen molar-refractivity contribution in [1.29, 1.82) is 0 Å². The lowest BCUT2D eigenvalue weighted by atomic mass is 10.1. The van der Waals surface area contributed by atoms with Gasteiger partial charge in [0.05, 0.1) is 10.9 Å². The lowest BCUT2D eigenvalue weighted by Gasteiger charge is -2.35. The van der Waals surface area contributed by atoms with E-state index >= 15 is 0 Å². The fourth-order valence-corrected chi connectivity index (χ4v) is 3.78. The smallest absolute Gasteiger partial charge is 0.410 e. The number of carbonyl (C=O) groups excluding carboxylic acids is 1. The SMILES string of the molecule is CC(C)(C)OC(=O)N1CCN(Cc2c(OCc3ccccc3)ccc3c(O)coc23)CC1. The second kappa shape index (κ2) is 9.12. The zero-order valence-electron chi connectivity index (χ0n) is 18.8. The minimum absolute atomic E-state index is 0.116. The van der Waals surface area contributed by atoms with Gasteiger partial charge in [-0.1, -0.05) is 30.3 Å². The number of hydrogen-bond acceptors (Lipinski definition) is 6. The number of hydrogen-bond donors (Lipinski definition) is 1. The molecule has 1 saturated heterocycles. The standard InChI is InChI=1S/C25H30N2O5/c1-25(2,3)32-24(29)27-13-11-26(12-14-27)15-20-22(30-16-18-7-5-4-6-8-18)10-9-19-21(28)17-31-23(19)20/h4-10,17,28H,11-16H2,1-3H3. The Balaban J connectivity index is 1.47. The molecule has 0 saturated carbocycles. The van der Waals surface area contributed by atoms with Gasteiger partial charge in [-0.2, -0.15) is 0 Å². The lowest BCUT2D eigenvalue weighted by Crippen LogP contribution is -2.49. The molecule has 1 aromatic heterocycles. The van der Waals surface area contributed by atoms with Crippen LogP contribution < -0.4 is 4.74 Å². The van der Waals surface area contributed by atoms with Crippen molar-refractivity contribution in [3.8, 4) is 11.5 Å². The molecule has 0 spiro atoms. The van der Waals surface area contributed by atoms with Crippen molar-refractivity contribution in [3.63, 3.8) is 0 Å². The van der Waals surface area contributed by atoms with Crippen LogP contribution >= 0.6 is 0 Å². The molecule has 0 radical (unpaired) electrons. The number of furan rings is 1. The first kappa shape index (κ1) is 22.0. The summed E-state index contributed by atoms with van der Waals surface area (Å²) in [5, 5.41) is 10.8. The summed E-state index contributed by atoms with van der Waals surface area (Å²) in [6.45, 7) is 9.26. The number of fused-ring (bicyclic) bond motifs is 1. The van der Waals surface area contributed by atoms with E-state index in [2.05, 4.69) is 4.90 Å². The number of benzene rings is 2. The molecule has 1 aliphatic rings. The van der Waals surface area contributed by atoms with Crippen molar-refractivity contribution in [3.05, 3.63) is 59.9 Å². The average molecular weight is 439 g/mol. The molecule has 1 fully saturated rings. The summed E-state index contributed by atoms with van der Waals surface area (Å²) in [6, 6.07) is 13.7. The normalized spacial score (nSPS) is 15.2. The van der Waals surface area contributed by atoms with E-state index in [0.29, 0.717) is 50.3 Å². The molecule has 7 nitrogen and oxygen atoms in total. The molecule has 4 rings (SSSR count). The molecule has 2 aromatic carbocycles. The Kier molecular flexibility index (Phi) is 6.28. The van der Waals surface area contributed by atoms with Crippen LogP contribution in [0, 0.1) is 0 Å². The molecule has 170 valence electrons. The maximum Gasteiger partial charge on any atom is 0.410 e. The summed E-state index contributed by atoms with van der Waals surface area (Å²) in [6.07, 6.45) is 1.08. The van der Waals surface area contributed by atoms with E-state index in [4.69, 9.17) is 13.9 Å². The summed E-state index contributed by atoms with van der Waals surface area (Å²) in [7, 11) is 0. The van der Waals surface area contributed by atoms with E-state index in [1.807, 2.05) is 63.2 Å². The molecular formula is C25H30N2O5. The van der Waals surface area contributed by atoms with E-state index in [-0.39, 0.29) is 11.8 Å². The van der Waals surface area contributed by atoms with Gasteiger partial charge in [-0.15, -0.1) is 0 Å². The van der Waals surface area contributed by atoms with Gasteiger partial charge in [-0.05, 0) is 38.5 Å². The van der Waals surface area contributed by atoms with Crippen LogP contribution in [0.25, 0.3) is 11.0 Å². The summed E-state index contributed by atoms with van der Waals surface area (Å²) in [5.74, 6) is 0.843. The summed E-state index contributed by atoms with van der Waals surface area (Å²) >= 11 is 0. The molecule has 0 atom stereocenters. The highest BCUT2D eigenvalue weighted by molar-refractivity contribution is 5.88. The van der Waals surface area contributed by atoms with Gasteiger partial charge in [0.2, 0.25) is 0 Å². The van der Waals surface area contributed by atoms with E-state index in [1.165, 1.54) is 6.26 Å². The second-order valence-electron chi connectivity index (χ2n) is 9.06. The van der Waals surface area contributed by atoms with Crippen LogP contribution in [-0.4, -0.2) is 52.8 Å². The zero-order valence-corrected chi connectivity index (χ0v) is 18.8. The third-order valence-electron chi connectivity index (χ3n) is 5.42. The van der Waals surface area contributed by atoms with E-state index in [1.54, 1.807) is 4.90 Å². The van der Waals surface area contributed by atoms with Crippen LogP contribution in [0.4, 0.5) is 4.79 Å². The minimum atomic E-state index is -0.504. The first-order valence-electron chi connectivity index (χ1n) is 10.9. The first-order valence-corrected chi connectivity index (χ1v) is 10.9. The molecular weight excluding hydrogens is 408 g/mol. The van der Waals surface area contributed by atoms with Crippen LogP contribution in [0.15, 0.2) is 53.1 Å². The maximum absolute atomic E-state index is 12.4. The monoisotopic (exact) mass is 438 g/mol. The van der Waals surface area contributed by atoms with Crippen molar-refractivity contribution in [2.45, 2.75) is 39.5 Å². The Morgan fingerprint density at radius 3 is 2.47 bits per heavy atom. The predicted octanol–water partition coefficient (Wildman–Crippen LogP) is 4.77. The van der Waals surface area contributed by atoms with Crippen molar-refractivity contribution >= 4 is 17.1 Å². The van der Waals surface area contributed by atoms with Gasteiger partial charge in [-0.25, -0.2) is 4.79 Å². The van der Waals surface area contributed by atoms with Crippen molar-refractivity contribution < 1.29 is 23.8 Å². The van der Waals surface area contributed by atoms with Gasteiger partial charge in [0.1, 0.15) is 29.8 Å². The van der Waals surface area contributed by atoms with Crippen LogP contribution in [0.5, 0.6) is 11.5 Å². The minimum Gasteiger partial charge on any atom is -0.504 e. The Morgan fingerprint density at radius 2 is 1.78 bits per heavy atom. The average Bonchev–Trinajstić information content (AvgIpc) is 3.14. The summed E-state index contributed by atoms with van der Waals surface area (Å²) in [4.78, 5) is 16.4. The predicted molar refractivity (Wildman–Crippen MR) is 122 cm³/mol. The van der Waals surface area contributed by atoms with Crippen LogP contribution in [0.1, 0.15) is 31.9 Å². The van der Waals surface area contributed by atoms with Crippen molar-refractivity contribution in [1.82, 2.24) is 9.80 Å². The second-order valence-corrected chi connectivity index (χ2v) is 9.06. The highest BCUT2D eigenvalue weighted by Crippen LogP contribution is 2.36. The van der Waals surface area contributed by atoms with E-state index in [9.17, 15) is 9.90 Å². The zero-order chi connectivity index (χ0) is 22.7. The van der Waals surface area contributed by atoms with Crippen molar-refractivity contribution in [2.75, 3.05) is 26.2 Å². The Morgan fingerprint density at radius 1 is 1.06 bits per heavy atom. The quantitative estimate of drug-likeness (QED) is 0.618. The number of carbonyl (C=O) groups is 1. The largest absolute Gasteiger partial charge is 0.504 e. The van der Waals surface area contributed by atoms with Crippen molar-refractivity contribution in [2.24, 2.45) is 0 Å². The molecule has 32 heavy (non-hydrogen) atoms. The van der Waals surface area contributed by atoms with Gasteiger partial charge >= 0.3 is 6.09 Å². The number of piperazine rings is 1. The molecule has 2 heterocycles. The maximum atomic E-state index is 12.4. The highest BCUT2D eigenvalue weighted by Gasteiger charge is 2.27. The number of nitrogens with zero attached hydrogens (tertiary/aromatic N) is 2. The first-order chi connectivity index (χ1) is 15.3. The van der Waals surface area contributed by atoms with Crippen LogP contribution in [0.3, 0.4) is 0 Å². The van der Waals surface area contributed by atoms with Crippen LogP contribution in [-0.2, 0) is 17.9 Å². The molecule has 0 unspecified atom stereocenters. The fourth-order valence-electron chi connectivity index (χ4n) is 3.78. The van der Waals surface area contributed by atoms with Gasteiger partial charge in [0, 0.05) is 32.7 Å².